The first-order valence-electron chi connectivity index (χ1n) is 10.6. The van der Waals surface area contributed by atoms with Crippen LogP contribution in [0.5, 0.6) is 0 Å². The van der Waals surface area contributed by atoms with Crippen LogP contribution in [0.2, 0.25) is 5.02 Å². The molecule has 1 saturated carbocycles. The quantitative estimate of drug-likeness (QED) is 0.675. The molecule has 8 nitrogen and oxygen atoms in total. The summed E-state index contributed by atoms with van der Waals surface area (Å²) in [5.41, 5.74) is -0.259. The average molecular weight is 483 g/mol. The molecule has 176 valence electrons. The first-order valence-corrected chi connectivity index (χ1v) is 10.9. The Bertz CT molecular complexity index is 1080. The van der Waals surface area contributed by atoms with Crippen molar-refractivity contribution in [1.29, 1.82) is 0 Å². The summed E-state index contributed by atoms with van der Waals surface area (Å²) < 4.78 is 38.7. The molecule has 0 radical (unpaired) electrons. The smallest absolute Gasteiger partial charge is 0.353 e. The van der Waals surface area contributed by atoms with Crippen LogP contribution >= 0.6 is 11.6 Å². The average Bonchev–Trinajstić information content (AvgIpc) is 3.58. The molecule has 1 saturated heterocycles. The molecule has 2 fully saturated rings. The van der Waals surface area contributed by atoms with Gasteiger partial charge in [-0.05, 0) is 44.7 Å². The number of carbonyl (C=O) groups excluding carboxylic acids is 2. The maximum absolute atomic E-state index is 12.9. The number of nitrogens with one attached hydrogen (secondary N) is 2. The van der Waals surface area contributed by atoms with Crippen molar-refractivity contribution in [2.24, 2.45) is 5.92 Å². The van der Waals surface area contributed by atoms with Crippen molar-refractivity contribution in [2.75, 3.05) is 23.3 Å². The molecular formula is C21H22ClF3N6O2. The fourth-order valence-corrected chi connectivity index (χ4v) is 3.95. The van der Waals surface area contributed by atoms with E-state index in [1.54, 1.807) is 11.8 Å². The summed E-state index contributed by atoms with van der Waals surface area (Å²) >= 11 is 6.08. The minimum Gasteiger partial charge on any atom is -0.353 e. The number of nitrogens with zero attached hydrogens (tertiary/aromatic N) is 4. The summed E-state index contributed by atoms with van der Waals surface area (Å²) in [6.07, 6.45) is -0.738. The topological polar surface area (TPSA) is 100 Å². The lowest BCUT2D eigenvalue weighted by molar-refractivity contribution is -0.137. The van der Waals surface area contributed by atoms with Crippen molar-refractivity contribution in [1.82, 2.24) is 20.3 Å². The van der Waals surface area contributed by atoms with Crippen molar-refractivity contribution in [2.45, 2.75) is 44.8 Å². The molecule has 0 spiro atoms. The van der Waals surface area contributed by atoms with Crippen LogP contribution in [-0.4, -0.2) is 45.9 Å². The lowest BCUT2D eigenvalue weighted by Gasteiger charge is -2.34. The monoisotopic (exact) mass is 482 g/mol. The molecule has 0 bridgehead atoms. The molecule has 2 aliphatic rings. The lowest BCUT2D eigenvalue weighted by Crippen LogP contribution is -2.48. The molecule has 3 heterocycles. The zero-order valence-electron chi connectivity index (χ0n) is 17.7. The van der Waals surface area contributed by atoms with E-state index in [1.807, 2.05) is 0 Å². The third-order valence-corrected chi connectivity index (χ3v) is 5.75. The molecule has 1 aliphatic carbocycles. The number of amides is 2. The van der Waals surface area contributed by atoms with Crippen molar-refractivity contribution in [3.8, 4) is 0 Å². The molecule has 33 heavy (non-hydrogen) atoms. The standard InChI is InChI=1S/C21H22ClF3N6O2/c1-11-7-16(29-20(27-11)30-18(32)12-4-5-12)19(33)28-14-3-2-6-31(10-14)17-15(22)8-13(9-26-17)21(23,24)25/h7-9,12,14H,2-6,10H2,1H3,(H,28,33)(H,27,29,30,32). The van der Waals surface area contributed by atoms with Gasteiger partial charge in [0.15, 0.2) is 0 Å². The highest BCUT2D eigenvalue weighted by Gasteiger charge is 2.33. The van der Waals surface area contributed by atoms with E-state index in [0.29, 0.717) is 31.6 Å². The Kier molecular flexibility index (Phi) is 6.42. The third kappa shape index (κ3) is 5.70. The van der Waals surface area contributed by atoms with Gasteiger partial charge in [0.1, 0.15) is 11.5 Å². The van der Waals surface area contributed by atoms with E-state index in [9.17, 15) is 22.8 Å². The van der Waals surface area contributed by atoms with Gasteiger partial charge in [-0.1, -0.05) is 11.6 Å². The number of carbonyl (C=O) groups is 2. The largest absolute Gasteiger partial charge is 0.417 e. The van der Waals surface area contributed by atoms with Crippen LogP contribution in [0.3, 0.4) is 0 Å². The number of hydrogen-bond donors (Lipinski definition) is 2. The van der Waals surface area contributed by atoms with Gasteiger partial charge in [0.25, 0.3) is 5.91 Å². The second-order valence-electron chi connectivity index (χ2n) is 8.27. The number of piperidine rings is 1. The van der Waals surface area contributed by atoms with Gasteiger partial charge in [-0.3, -0.25) is 14.9 Å². The number of halogens is 4. The van der Waals surface area contributed by atoms with E-state index in [-0.39, 0.29) is 40.3 Å². The van der Waals surface area contributed by atoms with Gasteiger partial charge in [0.2, 0.25) is 11.9 Å². The molecule has 1 aliphatic heterocycles. The zero-order chi connectivity index (χ0) is 23.8. The van der Waals surface area contributed by atoms with Crippen LogP contribution in [0, 0.1) is 12.8 Å². The molecule has 1 atom stereocenters. The van der Waals surface area contributed by atoms with E-state index in [1.165, 1.54) is 6.07 Å². The predicted molar refractivity (Wildman–Crippen MR) is 115 cm³/mol. The van der Waals surface area contributed by atoms with Gasteiger partial charge in [-0.2, -0.15) is 13.2 Å². The van der Waals surface area contributed by atoms with Crippen molar-refractivity contribution in [3.05, 3.63) is 40.3 Å². The van der Waals surface area contributed by atoms with Gasteiger partial charge < -0.3 is 10.2 Å². The van der Waals surface area contributed by atoms with Crippen molar-refractivity contribution < 1.29 is 22.8 Å². The van der Waals surface area contributed by atoms with Gasteiger partial charge >= 0.3 is 6.18 Å². The van der Waals surface area contributed by atoms with Gasteiger partial charge in [-0.15, -0.1) is 0 Å². The molecule has 12 heteroatoms. The zero-order valence-corrected chi connectivity index (χ0v) is 18.5. The Morgan fingerprint density at radius 3 is 2.61 bits per heavy atom. The number of aromatic nitrogens is 3. The Morgan fingerprint density at radius 2 is 1.94 bits per heavy atom. The van der Waals surface area contributed by atoms with Crippen LogP contribution in [0.15, 0.2) is 18.3 Å². The van der Waals surface area contributed by atoms with E-state index in [4.69, 9.17) is 11.6 Å². The van der Waals surface area contributed by atoms with Gasteiger partial charge in [-0.25, -0.2) is 15.0 Å². The van der Waals surface area contributed by atoms with Gasteiger partial charge in [0, 0.05) is 36.9 Å². The minimum absolute atomic E-state index is 0.0229. The van der Waals surface area contributed by atoms with Crippen molar-refractivity contribution >= 4 is 35.2 Å². The summed E-state index contributed by atoms with van der Waals surface area (Å²) in [6, 6.07) is 2.09. The number of pyridine rings is 1. The molecule has 2 aromatic rings. The summed E-state index contributed by atoms with van der Waals surface area (Å²) in [5, 5.41) is 5.44. The summed E-state index contributed by atoms with van der Waals surface area (Å²) in [6.45, 7) is 2.58. The first-order chi connectivity index (χ1) is 15.6. The maximum atomic E-state index is 12.9. The number of hydrogen-bond acceptors (Lipinski definition) is 6. The van der Waals surface area contributed by atoms with Crippen molar-refractivity contribution in [3.63, 3.8) is 0 Å². The Labute approximate surface area is 192 Å². The van der Waals surface area contributed by atoms with Crippen LogP contribution in [0.25, 0.3) is 0 Å². The lowest BCUT2D eigenvalue weighted by atomic mass is 10.1. The van der Waals surface area contributed by atoms with Crippen LogP contribution in [-0.2, 0) is 11.0 Å². The molecule has 2 N–H and O–H groups in total. The summed E-state index contributed by atoms with van der Waals surface area (Å²) in [4.78, 5) is 38.8. The van der Waals surface area contributed by atoms with Crippen LogP contribution < -0.4 is 15.5 Å². The highest BCUT2D eigenvalue weighted by atomic mass is 35.5. The molecule has 4 rings (SSSR count). The van der Waals surface area contributed by atoms with E-state index < -0.39 is 17.6 Å². The SMILES string of the molecule is Cc1cc(C(=O)NC2CCCN(c3ncc(C(F)(F)F)cc3Cl)C2)nc(NC(=O)C2CC2)n1. The highest BCUT2D eigenvalue weighted by molar-refractivity contribution is 6.33. The Balaban J connectivity index is 1.43. The molecule has 1 unspecified atom stereocenters. The number of aryl methyl sites for hydroxylation is 1. The Hall–Kier alpha value is -2.95. The molecule has 2 aromatic heterocycles. The number of rotatable bonds is 5. The molecule has 0 aromatic carbocycles. The van der Waals surface area contributed by atoms with Gasteiger partial charge in [0.05, 0.1) is 10.6 Å². The number of anilines is 2. The predicted octanol–water partition coefficient (Wildman–Crippen LogP) is 3.60. The van der Waals surface area contributed by atoms with E-state index >= 15 is 0 Å². The summed E-state index contributed by atoms with van der Waals surface area (Å²) in [7, 11) is 0. The van der Waals surface area contributed by atoms with Crippen LogP contribution in [0.4, 0.5) is 24.9 Å². The summed E-state index contributed by atoms with van der Waals surface area (Å²) in [5.74, 6) is -0.281. The molecule has 2 amide bonds. The van der Waals surface area contributed by atoms with E-state index in [0.717, 1.165) is 25.1 Å². The normalized spacial score (nSPS) is 18.7. The maximum Gasteiger partial charge on any atom is 0.417 e. The fourth-order valence-electron chi connectivity index (χ4n) is 3.66. The Morgan fingerprint density at radius 1 is 1.18 bits per heavy atom. The molecular weight excluding hydrogens is 461 g/mol. The third-order valence-electron chi connectivity index (χ3n) is 5.48. The van der Waals surface area contributed by atoms with Crippen LogP contribution in [0.1, 0.15) is 47.4 Å². The second-order valence-corrected chi connectivity index (χ2v) is 8.67. The minimum atomic E-state index is -4.53. The second kappa shape index (κ2) is 9.12. The first kappa shape index (κ1) is 23.2. The fraction of sp³-hybridized carbons (Fsp3) is 0.476. The number of alkyl halides is 3. The van der Waals surface area contributed by atoms with E-state index in [2.05, 4.69) is 25.6 Å². The highest BCUT2D eigenvalue weighted by Crippen LogP contribution is 2.34.